The first-order valence-electron chi connectivity index (χ1n) is 14.8. The summed E-state index contributed by atoms with van der Waals surface area (Å²) in [5.74, 6) is -3.34. The summed E-state index contributed by atoms with van der Waals surface area (Å²) >= 11 is 0. The van der Waals surface area contributed by atoms with Crippen LogP contribution in [0.2, 0.25) is 0 Å². The molecule has 0 aromatic carbocycles. The molecule has 242 valence electrons. The third-order valence-corrected chi connectivity index (χ3v) is 8.20. The maximum atomic E-state index is 10.8. The molecule has 42 heavy (non-hydrogen) atoms. The van der Waals surface area contributed by atoms with Gasteiger partial charge in [-0.2, -0.15) is 0 Å². The maximum Gasteiger partial charge on any atom is 0.187 e. The molecular weight excluding hydrogens is 560 g/mol. The summed E-state index contributed by atoms with van der Waals surface area (Å²) < 4.78 is 72.4. The molecule has 14 heteroatoms. The summed E-state index contributed by atoms with van der Waals surface area (Å²) in [5, 5.41) is 21.5. The maximum absolute atomic E-state index is 10.8. The van der Waals surface area contributed by atoms with Crippen LogP contribution in [0.5, 0.6) is 0 Å². The van der Waals surface area contributed by atoms with Crippen LogP contribution in [0.4, 0.5) is 0 Å². The smallest absolute Gasteiger partial charge is 0.187 e. The number of ether oxygens (including phenoxy) is 12. The van der Waals surface area contributed by atoms with Gasteiger partial charge in [-0.3, -0.25) is 0 Å². The standard InChI is InChI=1S/C28H46O14/c1-25(2)33-11-15-17(37-25)19-21(41-27(5,6)39-19)23(35-15)31-9-13(29)14(30)10-32-24-22-20(40-28(7,8)42-22)18-16(36-24)12-34-26(3,4)38-18/h13-24,29-30H,9-12H2,1-8H3/t13-,14-,15-,16-,17-,18-,19+,20+,21+,22+,23+,24+/m1/s1. The summed E-state index contributed by atoms with van der Waals surface area (Å²) in [6, 6.07) is 0. The van der Waals surface area contributed by atoms with E-state index < -0.39 is 96.8 Å². The van der Waals surface area contributed by atoms with Crippen LogP contribution < -0.4 is 0 Å². The topological polar surface area (TPSA) is 151 Å². The van der Waals surface area contributed by atoms with E-state index in [0.717, 1.165) is 0 Å². The summed E-state index contributed by atoms with van der Waals surface area (Å²) in [4.78, 5) is 0. The van der Waals surface area contributed by atoms with E-state index in [4.69, 9.17) is 56.8 Å². The van der Waals surface area contributed by atoms with Crippen LogP contribution in [-0.4, -0.2) is 133 Å². The molecule has 0 saturated carbocycles. The van der Waals surface area contributed by atoms with E-state index >= 15 is 0 Å². The summed E-state index contributed by atoms with van der Waals surface area (Å²) in [5.41, 5.74) is 0. The highest BCUT2D eigenvalue weighted by Crippen LogP contribution is 2.43. The molecule has 14 nitrogen and oxygen atoms in total. The molecule has 0 spiro atoms. The zero-order valence-electron chi connectivity index (χ0n) is 25.6. The Bertz CT molecular complexity index is 896. The van der Waals surface area contributed by atoms with Gasteiger partial charge in [0.1, 0.15) is 61.0 Å². The third-order valence-electron chi connectivity index (χ3n) is 8.20. The molecule has 0 radical (unpaired) electrons. The van der Waals surface area contributed by atoms with Gasteiger partial charge in [-0.05, 0) is 55.4 Å². The molecule has 0 amide bonds. The Labute approximate surface area is 246 Å². The van der Waals surface area contributed by atoms with Crippen molar-refractivity contribution in [3.05, 3.63) is 0 Å². The van der Waals surface area contributed by atoms with Crippen LogP contribution in [0.25, 0.3) is 0 Å². The highest BCUT2D eigenvalue weighted by atomic mass is 16.8. The van der Waals surface area contributed by atoms with Crippen LogP contribution in [0, 0.1) is 0 Å². The van der Waals surface area contributed by atoms with Crippen molar-refractivity contribution in [3.63, 3.8) is 0 Å². The lowest BCUT2D eigenvalue weighted by Gasteiger charge is -2.48. The van der Waals surface area contributed by atoms with E-state index in [1.807, 2.05) is 55.4 Å². The SMILES string of the molecule is CC1(C)O[C@@H]2[C@H](O1)[C@@H](OC[C@@H](O)[C@H](O)CO[C@H]1O[C@@H]3COC(C)(C)O[C@H]3[C@@H]3OC(C)(C)O[C@H]13)O[C@@H]1COC(C)(C)O[C@@H]21. The Kier molecular flexibility index (Phi) is 8.27. The van der Waals surface area contributed by atoms with Crippen molar-refractivity contribution in [3.8, 4) is 0 Å². The van der Waals surface area contributed by atoms with Gasteiger partial charge in [0.05, 0.1) is 26.4 Å². The van der Waals surface area contributed by atoms with Crippen molar-refractivity contribution < 1.29 is 67.1 Å². The summed E-state index contributed by atoms with van der Waals surface area (Å²) in [6.45, 7) is 14.6. The zero-order valence-corrected chi connectivity index (χ0v) is 25.6. The molecule has 0 aromatic rings. The van der Waals surface area contributed by atoms with Crippen LogP contribution in [0.3, 0.4) is 0 Å². The Balaban J connectivity index is 1.04. The van der Waals surface area contributed by atoms with Crippen LogP contribution in [0.15, 0.2) is 0 Å². The fourth-order valence-electron chi connectivity index (χ4n) is 6.36. The van der Waals surface area contributed by atoms with Crippen molar-refractivity contribution in [1.82, 2.24) is 0 Å². The quantitative estimate of drug-likeness (QED) is 0.415. The predicted molar refractivity (Wildman–Crippen MR) is 139 cm³/mol. The largest absolute Gasteiger partial charge is 0.388 e. The minimum absolute atomic E-state index is 0.252. The molecule has 6 fully saturated rings. The predicted octanol–water partition coefficient (Wildman–Crippen LogP) is 0.534. The third kappa shape index (κ3) is 6.40. The number of hydrogen-bond donors (Lipinski definition) is 2. The molecule has 2 N–H and O–H groups in total. The number of hydrogen-bond acceptors (Lipinski definition) is 14. The van der Waals surface area contributed by atoms with Gasteiger partial charge in [-0.15, -0.1) is 0 Å². The van der Waals surface area contributed by atoms with Gasteiger partial charge in [0, 0.05) is 0 Å². The van der Waals surface area contributed by atoms with Crippen molar-refractivity contribution in [2.24, 2.45) is 0 Å². The van der Waals surface area contributed by atoms with Crippen molar-refractivity contribution in [2.45, 2.75) is 152 Å². The molecule has 6 heterocycles. The van der Waals surface area contributed by atoms with E-state index in [0.29, 0.717) is 0 Å². The lowest BCUT2D eigenvalue weighted by molar-refractivity contribution is -0.373. The Morgan fingerprint density at radius 3 is 1.24 bits per heavy atom. The average Bonchev–Trinajstić information content (AvgIpc) is 3.40. The summed E-state index contributed by atoms with van der Waals surface area (Å²) in [6.07, 6.45) is -8.25. The van der Waals surface area contributed by atoms with E-state index in [1.54, 1.807) is 0 Å². The molecule has 6 rings (SSSR count). The van der Waals surface area contributed by atoms with E-state index in [9.17, 15) is 10.2 Å². The Morgan fingerprint density at radius 1 is 0.524 bits per heavy atom. The van der Waals surface area contributed by atoms with Crippen LogP contribution >= 0.6 is 0 Å². The highest BCUT2D eigenvalue weighted by Gasteiger charge is 2.60. The number of rotatable bonds is 7. The van der Waals surface area contributed by atoms with E-state index in [-0.39, 0.29) is 26.4 Å². The normalized spacial score (nSPS) is 46.1. The molecule has 6 aliphatic rings. The fraction of sp³-hybridized carbons (Fsp3) is 1.00. The second-order valence-electron chi connectivity index (χ2n) is 13.6. The van der Waals surface area contributed by atoms with Gasteiger partial charge in [0.15, 0.2) is 35.7 Å². The number of fused-ring (bicyclic) bond motifs is 6. The van der Waals surface area contributed by atoms with Gasteiger partial charge >= 0.3 is 0 Å². The number of aliphatic hydroxyl groups is 2. The zero-order chi connectivity index (χ0) is 30.2. The molecule has 6 aliphatic heterocycles. The van der Waals surface area contributed by atoms with Crippen molar-refractivity contribution >= 4 is 0 Å². The van der Waals surface area contributed by atoms with Crippen LogP contribution in [0.1, 0.15) is 55.4 Å². The highest BCUT2D eigenvalue weighted by molar-refractivity contribution is 5.00. The molecule has 0 bridgehead atoms. The lowest BCUT2D eigenvalue weighted by atomic mass is 9.97. The molecule has 0 aliphatic carbocycles. The molecule has 6 saturated heterocycles. The Hall–Kier alpha value is -0.560. The first kappa shape index (κ1) is 31.4. The minimum atomic E-state index is -1.30. The summed E-state index contributed by atoms with van der Waals surface area (Å²) in [7, 11) is 0. The van der Waals surface area contributed by atoms with Gasteiger partial charge < -0.3 is 67.1 Å². The van der Waals surface area contributed by atoms with E-state index in [2.05, 4.69) is 0 Å². The van der Waals surface area contributed by atoms with E-state index in [1.165, 1.54) is 0 Å². The van der Waals surface area contributed by atoms with Crippen molar-refractivity contribution in [2.75, 3.05) is 26.4 Å². The second kappa shape index (κ2) is 11.1. The fourth-order valence-corrected chi connectivity index (χ4v) is 6.36. The molecule has 0 aromatic heterocycles. The van der Waals surface area contributed by atoms with Gasteiger partial charge in [-0.25, -0.2) is 0 Å². The minimum Gasteiger partial charge on any atom is -0.388 e. The molecular formula is C28H46O14. The Morgan fingerprint density at radius 2 is 0.857 bits per heavy atom. The first-order chi connectivity index (χ1) is 19.5. The van der Waals surface area contributed by atoms with Gasteiger partial charge in [0.2, 0.25) is 0 Å². The first-order valence-corrected chi connectivity index (χ1v) is 14.8. The van der Waals surface area contributed by atoms with Crippen molar-refractivity contribution in [1.29, 1.82) is 0 Å². The van der Waals surface area contributed by atoms with Gasteiger partial charge in [-0.1, -0.05) is 0 Å². The molecule has 0 unspecified atom stereocenters. The number of aliphatic hydroxyl groups excluding tert-OH is 2. The van der Waals surface area contributed by atoms with Gasteiger partial charge in [0.25, 0.3) is 0 Å². The monoisotopic (exact) mass is 606 g/mol. The lowest BCUT2D eigenvalue weighted by Crippen LogP contribution is -2.64. The molecule has 12 atom stereocenters. The van der Waals surface area contributed by atoms with Crippen LogP contribution in [-0.2, 0) is 56.8 Å². The second-order valence-corrected chi connectivity index (χ2v) is 13.6. The average molecular weight is 607 g/mol.